The van der Waals surface area contributed by atoms with Gasteiger partial charge < -0.3 is 4.74 Å². The first-order chi connectivity index (χ1) is 12.0. The number of rotatable bonds is 4. The zero-order valence-electron chi connectivity index (χ0n) is 14.9. The molecule has 0 N–H and O–H groups in total. The third-order valence-electron chi connectivity index (χ3n) is 4.09. The molecule has 3 rings (SSSR count). The fourth-order valence-electron chi connectivity index (χ4n) is 2.60. The number of benzene rings is 2. The van der Waals surface area contributed by atoms with Crippen LogP contribution in [-0.2, 0) is 0 Å². The van der Waals surface area contributed by atoms with E-state index in [-0.39, 0.29) is 5.69 Å². The molecule has 0 aliphatic rings. The summed E-state index contributed by atoms with van der Waals surface area (Å²) in [7, 11) is 0. The first-order valence-corrected chi connectivity index (χ1v) is 8.27. The first kappa shape index (κ1) is 16.9. The number of esters is 1. The fraction of sp³-hybridized carbons (Fsp3) is 0.250. The Labute approximate surface area is 147 Å². The van der Waals surface area contributed by atoms with Crippen molar-refractivity contribution in [1.82, 2.24) is 15.0 Å². The van der Waals surface area contributed by atoms with Gasteiger partial charge in [-0.3, -0.25) is 0 Å². The summed E-state index contributed by atoms with van der Waals surface area (Å²) in [6.07, 6.45) is 0. The monoisotopic (exact) mass is 335 g/mol. The van der Waals surface area contributed by atoms with E-state index in [1.54, 1.807) is 10.7 Å². The van der Waals surface area contributed by atoms with Gasteiger partial charge in [-0.25, -0.2) is 9.48 Å². The van der Waals surface area contributed by atoms with Gasteiger partial charge in [-0.2, -0.15) is 0 Å². The maximum Gasteiger partial charge on any atom is 0.366 e. The summed E-state index contributed by atoms with van der Waals surface area (Å²) in [4.78, 5) is 12.4. The summed E-state index contributed by atoms with van der Waals surface area (Å²) >= 11 is 0. The Balaban J connectivity index is 1.84. The smallest absolute Gasteiger partial charge is 0.366 e. The SMILES string of the molecule is Cc1cccc(OC(=O)c2nnn(-c3ccc(C(C)C)cc3)c2C)c1. The Bertz CT molecular complexity index is 896. The number of hydrogen-bond acceptors (Lipinski definition) is 4. The van der Waals surface area contributed by atoms with Crippen molar-refractivity contribution in [3.05, 3.63) is 71.0 Å². The number of aryl methyl sites for hydroxylation is 1. The van der Waals surface area contributed by atoms with Crippen LogP contribution in [0.15, 0.2) is 48.5 Å². The van der Waals surface area contributed by atoms with Crippen molar-refractivity contribution < 1.29 is 9.53 Å². The Morgan fingerprint density at radius 2 is 1.80 bits per heavy atom. The molecule has 128 valence electrons. The second-order valence-electron chi connectivity index (χ2n) is 6.39. The minimum atomic E-state index is -0.506. The van der Waals surface area contributed by atoms with Crippen LogP contribution in [0, 0.1) is 13.8 Å². The van der Waals surface area contributed by atoms with E-state index in [1.165, 1.54) is 5.56 Å². The largest absolute Gasteiger partial charge is 0.422 e. The van der Waals surface area contributed by atoms with Gasteiger partial charge in [-0.15, -0.1) is 5.10 Å². The van der Waals surface area contributed by atoms with E-state index >= 15 is 0 Å². The molecule has 0 saturated heterocycles. The van der Waals surface area contributed by atoms with Crippen molar-refractivity contribution in [1.29, 1.82) is 0 Å². The zero-order chi connectivity index (χ0) is 18.0. The lowest BCUT2D eigenvalue weighted by atomic mass is 10.0. The molecule has 3 aromatic rings. The molecule has 5 nitrogen and oxygen atoms in total. The van der Waals surface area contributed by atoms with Crippen LogP contribution in [0.25, 0.3) is 5.69 Å². The molecule has 25 heavy (non-hydrogen) atoms. The fourth-order valence-corrected chi connectivity index (χ4v) is 2.60. The zero-order valence-corrected chi connectivity index (χ0v) is 14.9. The van der Waals surface area contributed by atoms with Crippen molar-refractivity contribution in [3.63, 3.8) is 0 Å². The molecule has 0 unspecified atom stereocenters. The summed E-state index contributed by atoms with van der Waals surface area (Å²) < 4.78 is 7.06. The number of ether oxygens (including phenoxy) is 1. The second kappa shape index (κ2) is 6.89. The molecule has 0 aliphatic heterocycles. The van der Waals surface area contributed by atoms with Crippen LogP contribution in [0.5, 0.6) is 5.75 Å². The summed E-state index contributed by atoms with van der Waals surface area (Å²) in [5.41, 5.74) is 4.00. The van der Waals surface area contributed by atoms with Gasteiger partial charge in [0.25, 0.3) is 0 Å². The van der Waals surface area contributed by atoms with Crippen LogP contribution in [-0.4, -0.2) is 21.0 Å². The molecule has 0 aliphatic carbocycles. The highest BCUT2D eigenvalue weighted by atomic mass is 16.5. The molecule has 0 radical (unpaired) electrons. The Hall–Kier alpha value is -2.95. The maximum atomic E-state index is 12.4. The lowest BCUT2D eigenvalue weighted by molar-refractivity contribution is 0.0727. The van der Waals surface area contributed by atoms with Gasteiger partial charge in [0.15, 0.2) is 5.69 Å². The topological polar surface area (TPSA) is 57.0 Å². The molecule has 1 heterocycles. The normalized spacial score (nSPS) is 10.9. The molecular weight excluding hydrogens is 314 g/mol. The highest BCUT2D eigenvalue weighted by molar-refractivity contribution is 5.90. The lowest BCUT2D eigenvalue weighted by Crippen LogP contribution is -2.11. The van der Waals surface area contributed by atoms with Crippen molar-refractivity contribution in [3.8, 4) is 11.4 Å². The molecule has 0 atom stereocenters. The van der Waals surface area contributed by atoms with Gasteiger partial charge >= 0.3 is 5.97 Å². The standard InChI is InChI=1S/C20H21N3O2/c1-13(2)16-8-10-17(11-9-16)23-15(4)19(21-22-23)20(24)25-18-7-5-6-14(3)12-18/h5-13H,1-4H3. The molecule has 0 spiro atoms. The van der Waals surface area contributed by atoms with Gasteiger partial charge in [0.1, 0.15) is 5.75 Å². The minimum absolute atomic E-state index is 0.217. The number of aromatic nitrogens is 3. The van der Waals surface area contributed by atoms with Gasteiger partial charge in [-0.1, -0.05) is 43.3 Å². The van der Waals surface area contributed by atoms with Crippen LogP contribution in [0.2, 0.25) is 0 Å². The highest BCUT2D eigenvalue weighted by Gasteiger charge is 2.19. The predicted octanol–water partition coefficient (Wildman–Crippen LogP) is 4.23. The Morgan fingerprint density at radius 1 is 1.08 bits per heavy atom. The van der Waals surface area contributed by atoms with Crippen molar-refractivity contribution in [2.24, 2.45) is 0 Å². The summed E-state index contributed by atoms with van der Waals surface area (Å²) in [6.45, 7) is 8.05. The van der Waals surface area contributed by atoms with Crippen LogP contribution < -0.4 is 4.74 Å². The van der Waals surface area contributed by atoms with Crippen molar-refractivity contribution >= 4 is 5.97 Å². The van der Waals surface area contributed by atoms with E-state index in [4.69, 9.17) is 4.74 Å². The van der Waals surface area contributed by atoms with Crippen molar-refractivity contribution in [2.45, 2.75) is 33.6 Å². The Morgan fingerprint density at radius 3 is 2.44 bits per heavy atom. The number of carbonyl (C=O) groups is 1. The van der Waals surface area contributed by atoms with E-state index in [1.807, 2.05) is 44.2 Å². The maximum absolute atomic E-state index is 12.4. The second-order valence-corrected chi connectivity index (χ2v) is 6.39. The van der Waals surface area contributed by atoms with Crippen LogP contribution >= 0.6 is 0 Å². The average Bonchev–Trinajstić information content (AvgIpc) is 2.96. The lowest BCUT2D eigenvalue weighted by Gasteiger charge is -2.08. The number of nitrogens with zero attached hydrogens (tertiary/aromatic N) is 3. The van der Waals surface area contributed by atoms with E-state index in [9.17, 15) is 4.79 Å². The van der Waals surface area contributed by atoms with Crippen molar-refractivity contribution in [2.75, 3.05) is 0 Å². The van der Waals surface area contributed by atoms with Gasteiger partial charge in [0, 0.05) is 0 Å². The molecule has 0 fully saturated rings. The summed E-state index contributed by atoms with van der Waals surface area (Å²) in [6, 6.07) is 15.4. The third-order valence-corrected chi connectivity index (χ3v) is 4.09. The van der Waals surface area contributed by atoms with Crippen LogP contribution in [0.3, 0.4) is 0 Å². The Kier molecular flexibility index (Phi) is 4.65. The molecular formula is C20H21N3O2. The van der Waals surface area contributed by atoms with E-state index in [0.29, 0.717) is 17.4 Å². The molecule has 0 saturated carbocycles. The molecule has 0 amide bonds. The summed E-state index contributed by atoms with van der Waals surface area (Å²) in [5.74, 6) is 0.458. The number of carbonyl (C=O) groups excluding carboxylic acids is 1. The van der Waals surface area contributed by atoms with Gasteiger partial charge in [-0.05, 0) is 55.2 Å². The highest BCUT2D eigenvalue weighted by Crippen LogP contribution is 2.19. The molecule has 5 heteroatoms. The van der Waals surface area contributed by atoms with E-state index in [2.05, 4.69) is 36.3 Å². The van der Waals surface area contributed by atoms with Crippen LogP contribution in [0.4, 0.5) is 0 Å². The first-order valence-electron chi connectivity index (χ1n) is 8.27. The molecule has 1 aromatic heterocycles. The van der Waals surface area contributed by atoms with E-state index < -0.39 is 5.97 Å². The molecule has 2 aromatic carbocycles. The predicted molar refractivity (Wildman–Crippen MR) is 96.3 cm³/mol. The molecule has 0 bridgehead atoms. The van der Waals surface area contributed by atoms with E-state index in [0.717, 1.165) is 11.3 Å². The quantitative estimate of drug-likeness (QED) is 0.529. The third kappa shape index (κ3) is 3.60. The van der Waals surface area contributed by atoms with Crippen LogP contribution in [0.1, 0.15) is 47.1 Å². The average molecular weight is 335 g/mol. The van der Waals surface area contributed by atoms with Gasteiger partial charge in [0.05, 0.1) is 11.4 Å². The minimum Gasteiger partial charge on any atom is -0.422 e. The summed E-state index contributed by atoms with van der Waals surface area (Å²) in [5, 5.41) is 8.11. The van der Waals surface area contributed by atoms with Gasteiger partial charge in [0.2, 0.25) is 0 Å². The number of hydrogen-bond donors (Lipinski definition) is 0.